The fourth-order valence-electron chi connectivity index (χ4n) is 4.25. The van der Waals surface area contributed by atoms with Crippen molar-refractivity contribution in [1.82, 2.24) is 0 Å². The lowest BCUT2D eigenvalue weighted by molar-refractivity contribution is 0.103. The summed E-state index contributed by atoms with van der Waals surface area (Å²) in [4.78, 5) is 12.9. The van der Waals surface area contributed by atoms with Gasteiger partial charge in [-0.3, -0.25) is 13.9 Å². The standard InChI is InChI=1S/C31H24N2O9S2/c32-21-4-8-23(9-5-21)41-25-12-16-29(42-24-10-6-22(33)7-11-24)28(18-25)31(34)20-3-15-27(30(17-20)44(38,39)40)19-1-13-26(14-2-19)43(35,36)37/h1-18H,32-33H2,(H,35,36,37)(H,38,39,40). The molecule has 0 saturated carbocycles. The predicted octanol–water partition coefficient (Wildman–Crippen LogP) is 5.83. The zero-order chi connectivity index (χ0) is 31.6. The fourth-order valence-corrected chi connectivity index (χ4v) is 5.47. The highest BCUT2D eigenvalue weighted by atomic mass is 32.2. The molecule has 0 radical (unpaired) electrons. The van der Waals surface area contributed by atoms with Crippen LogP contribution in [-0.4, -0.2) is 31.7 Å². The summed E-state index contributed by atoms with van der Waals surface area (Å²) in [5, 5.41) is 0. The maximum absolute atomic E-state index is 13.9. The SMILES string of the molecule is Nc1ccc(Oc2ccc(Oc3ccc(N)cc3)c(C(=O)c3ccc(-c4ccc(S(=O)(=O)O)cc4)c(S(=O)(=O)O)c3)c2)cc1. The molecule has 0 heterocycles. The number of nitrogens with two attached hydrogens (primary N) is 2. The van der Waals surface area contributed by atoms with Crippen molar-refractivity contribution in [3.8, 4) is 34.1 Å². The van der Waals surface area contributed by atoms with Crippen LogP contribution in [0.5, 0.6) is 23.0 Å². The van der Waals surface area contributed by atoms with E-state index in [0.717, 1.165) is 18.2 Å². The average Bonchev–Trinajstić information content (AvgIpc) is 2.99. The van der Waals surface area contributed by atoms with Crippen molar-refractivity contribution < 1.29 is 40.2 Å². The monoisotopic (exact) mass is 632 g/mol. The van der Waals surface area contributed by atoms with Crippen molar-refractivity contribution in [3.05, 3.63) is 120 Å². The number of nitrogen functional groups attached to an aromatic ring is 2. The molecule has 5 aromatic rings. The van der Waals surface area contributed by atoms with Crippen LogP contribution in [0.15, 0.2) is 119 Å². The third-order valence-electron chi connectivity index (χ3n) is 6.40. The third-order valence-corrected chi connectivity index (χ3v) is 8.17. The average molecular weight is 633 g/mol. The lowest BCUT2D eigenvalue weighted by atomic mass is 9.98. The molecule has 0 fully saturated rings. The molecule has 0 unspecified atom stereocenters. The molecular weight excluding hydrogens is 608 g/mol. The molecule has 224 valence electrons. The Labute approximate surface area is 252 Å². The van der Waals surface area contributed by atoms with E-state index in [9.17, 15) is 30.7 Å². The van der Waals surface area contributed by atoms with E-state index < -0.39 is 35.8 Å². The number of carbonyl (C=O) groups is 1. The van der Waals surface area contributed by atoms with Gasteiger partial charge < -0.3 is 20.9 Å². The largest absolute Gasteiger partial charge is 0.457 e. The Morgan fingerprint density at radius 3 is 1.68 bits per heavy atom. The van der Waals surface area contributed by atoms with Gasteiger partial charge in [-0.2, -0.15) is 16.8 Å². The van der Waals surface area contributed by atoms with Crippen LogP contribution in [0.4, 0.5) is 11.4 Å². The minimum atomic E-state index is -4.87. The molecule has 0 atom stereocenters. The summed E-state index contributed by atoms with van der Waals surface area (Å²) in [7, 11) is -9.36. The first kappa shape index (κ1) is 30.3. The maximum atomic E-state index is 13.9. The van der Waals surface area contributed by atoms with E-state index in [1.807, 2.05) is 0 Å². The first-order chi connectivity index (χ1) is 20.8. The second-order valence-electron chi connectivity index (χ2n) is 9.51. The van der Waals surface area contributed by atoms with Gasteiger partial charge in [0.1, 0.15) is 27.9 Å². The summed E-state index contributed by atoms with van der Waals surface area (Å²) in [5.41, 5.74) is 12.7. The van der Waals surface area contributed by atoms with Crippen molar-refractivity contribution in [2.75, 3.05) is 11.5 Å². The molecule has 0 aromatic heterocycles. The predicted molar refractivity (Wildman–Crippen MR) is 163 cm³/mol. The number of carbonyl (C=O) groups excluding carboxylic acids is 1. The third kappa shape index (κ3) is 6.88. The summed E-state index contributed by atoms with van der Waals surface area (Å²) >= 11 is 0. The Morgan fingerprint density at radius 1 is 0.591 bits per heavy atom. The van der Waals surface area contributed by atoms with E-state index >= 15 is 0 Å². The lowest BCUT2D eigenvalue weighted by Gasteiger charge is -2.15. The highest BCUT2D eigenvalue weighted by Crippen LogP contribution is 2.35. The summed E-state index contributed by atoms with van der Waals surface area (Å²) in [6.45, 7) is 0. The van der Waals surface area contributed by atoms with Gasteiger partial charge in [-0.15, -0.1) is 0 Å². The van der Waals surface area contributed by atoms with E-state index in [4.69, 9.17) is 20.9 Å². The first-order valence-corrected chi connectivity index (χ1v) is 15.6. The van der Waals surface area contributed by atoms with Gasteiger partial charge >= 0.3 is 0 Å². The number of hydrogen-bond donors (Lipinski definition) is 4. The van der Waals surface area contributed by atoms with Crippen molar-refractivity contribution in [2.45, 2.75) is 9.79 Å². The van der Waals surface area contributed by atoms with Crippen LogP contribution in [0.1, 0.15) is 15.9 Å². The van der Waals surface area contributed by atoms with E-state index in [1.165, 1.54) is 36.4 Å². The summed E-state index contributed by atoms with van der Waals surface area (Å²) in [6, 6.07) is 25.9. The molecule has 0 aliphatic carbocycles. The number of rotatable bonds is 9. The van der Waals surface area contributed by atoms with Crippen molar-refractivity contribution in [2.24, 2.45) is 0 Å². The van der Waals surface area contributed by atoms with Gasteiger partial charge in [-0.05, 0) is 90.5 Å². The lowest BCUT2D eigenvalue weighted by Crippen LogP contribution is -2.08. The molecule has 0 spiro atoms. The van der Waals surface area contributed by atoms with Crippen LogP contribution < -0.4 is 20.9 Å². The molecule has 11 nitrogen and oxygen atoms in total. The van der Waals surface area contributed by atoms with Crippen LogP contribution in [0.3, 0.4) is 0 Å². The van der Waals surface area contributed by atoms with Gasteiger partial charge in [0.15, 0.2) is 5.78 Å². The Kier molecular flexibility index (Phi) is 8.13. The van der Waals surface area contributed by atoms with Gasteiger partial charge in [0, 0.05) is 22.5 Å². The van der Waals surface area contributed by atoms with Crippen LogP contribution in [0, 0.1) is 0 Å². The van der Waals surface area contributed by atoms with Crippen LogP contribution in [0.25, 0.3) is 11.1 Å². The molecule has 0 aliphatic heterocycles. The molecular formula is C31H24N2O9S2. The number of benzene rings is 5. The van der Waals surface area contributed by atoms with Crippen LogP contribution in [-0.2, 0) is 20.2 Å². The quantitative estimate of drug-likeness (QED) is 0.0867. The van der Waals surface area contributed by atoms with Crippen LogP contribution >= 0.6 is 0 Å². The van der Waals surface area contributed by atoms with Crippen LogP contribution in [0.2, 0.25) is 0 Å². The van der Waals surface area contributed by atoms with Gasteiger partial charge in [0.05, 0.1) is 10.5 Å². The molecule has 5 rings (SSSR count). The van der Waals surface area contributed by atoms with Gasteiger partial charge in [-0.25, -0.2) is 0 Å². The molecule has 0 saturated heterocycles. The van der Waals surface area contributed by atoms with E-state index in [-0.39, 0.29) is 33.8 Å². The summed E-state index contributed by atoms with van der Waals surface area (Å²) in [5.74, 6) is 0.568. The Balaban J connectivity index is 1.58. The number of anilines is 2. The molecule has 0 bridgehead atoms. The second-order valence-corrected chi connectivity index (χ2v) is 12.3. The molecule has 5 aromatic carbocycles. The van der Waals surface area contributed by atoms with Gasteiger partial charge in [0.2, 0.25) is 0 Å². The minimum Gasteiger partial charge on any atom is -0.457 e. The molecule has 44 heavy (non-hydrogen) atoms. The van der Waals surface area contributed by atoms with Crippen molar-refractivity contribution in [3.63, 3.8) is 0 Å². The van der Waals surface area contributed by atoms with E-state index in [2.05, 4.69) is 0 Å². The molecule has 13 heteroatoms. The van der Waals surface area contributed by atoms with E-state index in [1.54, 1.807) is 54.6 Å². The molecule has 0 aliphatic rings. The topological polar surface area (TPSA) is 196 Å². The second kappa shape index (κ2) is 11.8. The first-order valence-electron chi connectivity index (χ1n) is 12.7. The smallest absolute Gasteiger partial charge is 0.295 e. The Morgan fingerprint density at radius 2 is 1.14 bits per heavy atom. The Bertz CT molecular complexity index is 2080. The normalized spacial score (nSPS) is 11.6. The maximum Gasteiger partial charge on any atom is 0.295 e. The van der Waals surface area contributed by atoms with Gasteiger partial charge in [0.25, 0.3) is 20.2 Å². The number of ether oxygens (including phenoxy) is 2. The van der Waals surface area contributed by atoms with Crippen molar-refractivity contribution >= 4 is 37.4 Å². The van der Waals surface area contributed by atoms with Gasteiger partial charge in [-0.1, -0.05) is 24.3 Å². The molecule has 0 amide bonds. The highest BCUT2D eigenvalue weighted by molar-refractivity contribution is 7.86. The number of ketones is 1. The van der Waals surface area contributed by atoms with Crippen molar-refractivity contribution in [1.29, 1.82) is 0 Å². The van der Waals surface area contributed by atoms with E-state index in [0.29, 0.717) is 22.9 Å². The molecule has 6 N–H and O–H groups in total. The summed E-state index contributed by atoms with van der Waals surface area (Å²) < 4.78 is 78.8. The zero-order valence-corrected chi connectivity index (χ0v) is 24.2. The fraction of sp³-hybridized carbons (Fsp3) is 0. The highest BCUT2D eigenvalue weighted by Gasteiger charge is 2.23. The number of hydrogen-bond acceptors (Lipinski definition) is 9. The minimum absolute atomic E-state index is 0.00952. The Hall–Kier alpha value is -5.21. The summed E-state index contributed by atoms with van der Waals surface area (Å²) in [6.07, 6.45) is 0. The zero-order valence-electron chi connectivity index (χ0n) is 22.6.